The van der Waals surface area contributed by atoms with Crippen LogP contribution in [0.4, 0.5) is 10.8 Å². The Hall–Kier alpha value is -2.02. The maximum atomic E-state index is 12.3. The first-order valence-corrected chi connectivity index (χ1v) is 7.81. The number of aromatic nitrogens is 3. The molecule has 2 aromatic heterocycles. The van der Waals surface area contributed by atoms with Gasteiger partial charge in [-0.1, -0.05) is 13.8 Å². The third-order valence-electron chi connectivity index (χ3n) is 3.31. The summed E-state index contributed by atoms with van der Waals surface area (Å²) in [6, 6.07) is 0. The second-order valence-corrected chi connectivity index (χ2v) is 6.35. The summed E-state index contributed by atoms with van der Waals surface area (Å²) in [6.07, 6.45) is 3.86. The predicted molar refractivity (Wildman–Crippen MR) is 82.6 cm³/mol. The molecule has 3 rings (SSSR count). The molecule has 0 atom stereocenters. The maximum absolute atomic E-state index is 12.3. The van der Waals surface area contributed by atoms with E-state index in [4.69, 9.17) is 5.73 Å². The van der Waals surface area contributed by atoms with Gasteiger partial charge in [0.1, 0.15) is 5.82 Å². The van der Waals surface area contributed by atoms with E-state index in [1.807, 2.05) is 19.2 Å². The highest BCUT2D eigenvalue weighted by atomic mass is 32.1. The quantitative estimate of drug-likeness (QED) is 0.905. The summed E-state index contributed by atoms with van der Waals surface area (Å²) in [5.74, 6) is 0.975. The minimum atomic E-state index is -0.339. The van der Waals surface area contributed by atoms with E-state index in [0.717, 1.165) is 5.69 Å². The molecule has 0 bridgehead atoms. The number of nitrogens with two attached hydrogens (primary N) is 1. The number of rotatable bonds is 4. The third-order valence-corrected chi connectivity index (χ3v) is 4.08. The number of hydrogen-bond donors (Lipinski definition) is 2. The van der Waals surface area contributed by atoms with Gasteiger partial charge in [-0.3, -0.25) is 10.1 Å². The molecule has 6 nitrogen and oxygen atoms in total. The van der Waals surface area contributed by atoms with Crippen molar-refractivity contribution in [3.8, 4) is 0 Å². The lowest BCUT2D eigenvalue weighted by atomic mass is 10.2. The highest BCUT2D eigenvalue weighted by molar-refractivity contribution is 7.14. The fourth-order valence-electron chi connectivity index (χ4n) is 1.93. The zero-order valence-electron chi connectivity index (χ0n) is 12.0. The summed E-state index contributed by atoms with van der Waals surface area (Å²) in [5, 5.41) is 5.35. The number of nitrogen functional groups attached to an aromatic ring is 1. The molecule has 1 aliphatic rings. The molecule has 21 heavy (non-hydrogen) atoms. The molecule has 1 aliphatic carbocycles. The van der Waals surface area contributed by atoms with Crippen LogP contribution >= 0.6 is 11.3 Å². The SMILES string of the molecule is CC(C)c1ncc(N)c(C(=O)Nc2nc(C3CC3)cs2)n1. The zero-order chi connectivity index (χ0) is 15.0. The lowest BCUT2D eigenvalue weighted by Crippen LogP contribution is -2.17. The van der Waals surface area contributed by atoms with Crippen molar-refractivity contribution in [1.82, 2.24) is 15.0 Å². The second kappa shape index (κ2) is 5.40. The van der Waals surface area contributed by atoms with Crippen molar-refractivity contribution < 1.29 is 4.79 Å². The van der Waals surface area contributed by atoms with Crippen molar-refractivity contribution in [2.45, 2.75) is 38.5 Å². The molecular weight excluding hydrogens is 286 g/mol. The molecule has 0 aliphatic heterocycles. The van der Waals surface area contributed by atoms with Crippen molar-refractivity contribution in [2.24, 2.45) is 0 Å². The van der Waals surface area contributed by atoms with Gasteiger partial charge in [-0.2, -0.15) is 0 Å². The smallest absolute Gasteiger partial charge is 0.278 e. The summed E-state index contributed by atoms with van der Waals surface area (Å²) in [7, 11) is 0. The van der Waals surface area contributed by atoms with Crippen LogP contribution in [0.2, 0.25) is 0 Å². The van der Waals surface area contributed by atoms with E-state index < -0.39 is 0 Å². The monoisotopic (exact) mass is 303 g/mol. The van der Waals surface area contributed by atoms with Crippen molar-refractivity contribution in [3.63, 3.8) is 0 Å². The van der Waals surface area contributed by atoms with Gasteiger partial charge in [0.2, 0.25) is 0 Å². The Balaban J connectivity index is 1.78. The Morgan fingerprint density at radius 1 is 1.43 bits per heavy atom. The molecule has 0 saturated heterocycles. The van der Waals surface area contributed by atoms with E-state index in [0.29, 0.717) is 16.9 Å². The maximum Gasteiger partial charge on any atom is 0.278 e. The molecule has 1 fully saturated rings. The van der Waals surface area contributed by atoms with Crippen LogP contribution in [-0.2, 0) is 0 Å². The molecule has 7 heteroatoms. The van der Waals surface area contributed by atoms with Crippen molar-refractivity contribution in [2.75, 3.05) is 11.1 Å². The fraction of sp³-hybridized carbons (Fsp3) is 0.429. The van der Waals surface area contributed by atoms with E-state index >= 15 is 0 Å². The number of carbonyl (C=O) groups excluding carboxylic acids is 1. The van der Waals surface area contributed by atoms with Gasteiger partial charge < -0.3 is 5.73 Å². The summed E-state index contributed by atoms with van der Waals surface area (Å²) in [5.41, 5.74) is 7.35. The molecule has 0 radical (unpaired) electrons. The predicted octanol–water partition coefficient (Wildman–Crippen LogP) is 2.77. The van der Waals surface area contributed by atoms with Crippen LogP contribution in [0.25, 0.3) is 0 Å². The fourth-order valence-corrected chi connectivity index (χ4v) is 2.72. The molecule has 0 spiro atoms. The van der Waals surface area contributed by atoms with Crippen molar-refractivity contribution in [1.29, 1.82) is 0 Å². The lowest BCUT2D eigenvalue weighted by molar-refractivity contribution is 0.102. The van der Waals surface area contributed by atoms with Crippen molar-refractivity contribution >= 4 is 28.1 Å². The number of hydrogen-bond acceptors (Lipinski definition) is 6. The number of nitrogens with one attached hydrogen (secondary N) is 1. The number of carbonyl (C=O) groups is 1. The number of nitrogens with zero attached hydrogens (tertiary/aromatic N) is 3. The minimum absolute atomic E-state index is 0.137. The summed E-state index contributed by atoms with van der Waals surface area (Å²) in [4.78, 5) is 25.1. The van der Waals surface area contributed by atoms with Gasteiger partial charge in [0.15, 0.2) is 10.8 Å². The first-order chi connectivity index (χ1) is 10.0. The summed E-state index contributed by atoms with van der Waals surface area (Å²) >= 11 is 1.43. The van der Waals surface area contributed by atoms with Gasteiger partial charge in [0.05, 0.1) is 17.6 Å². The highest BCUT2D eigenvalue weighted by Crippen LogP contribution is 2.40. The van der Waals surface area contributed by atoms with E-state index in [1.165, 1.54) is 30.4 Å². The number of thiazole rings is 1. The van der Waals surface area contributed by atoms with Gasteiger partial charge in [-0.05, 0) is 12.8 Å². The summed E-state index contributed by atoms with van der Waals surface area (Å²) in [6.45, 7) is 3.94. The molecule has 110 valence electrons. The largest absolute Gasteiger partial charge is 0.396 e. The molecule has 1 saturated carbocycles. The lowest BCUT2D eigenvalue weighted by Gasteiger charge is -2.08. The standard InChI is InChI=1S/C14H17N5OS/c1-7(2)12-16-5-9(15)11(18-12)13(20)19-14-17-10(6-21-14)8-3-4-8/h5-8H,3-4,15H2,1-2H3,(H,17,19,20). The van der Waals surface area contributed by atoms with Gasteiger partial charge in [-0.25, -0.2) is 15.0 Å². The Morgan fingerprint density at radius 2 is 2.19 bits per heavy atom. The molecule has 2 aromatic rings. The van der Waals surface area contributed by atoms with Crippen molar-refractivity contribution in [3.05, 3.63) is 28.8 Å². The van der Waals surface area contributed by atoms with Gasteiger partial charge in [0, 0.05) is 17.2 Å². The Kier molecular flexibility index (Phi) is 3.59. The molecule has 3 N–H and O–H groups in total. The van der Waals surface area contributed by atoms with Crippen LogP contribution in [0.5, 0.6) is 0 Å². The Bertz CT molecular complexity index is 678. The van der Waals surface area contributed by atoms with E-state index in [2.05, 4.69) is 20.3 Å². The Labute approximate surface area is 126 Å². The first-order valence-electron chi connectivity index (χ1n) is 6.93. The second-order valence-electron chi connectivity index (χ2n) is 5.49. The molecule has 1 amide bonds. The first kappa shape index (κ1) is 13.9. The molecule has 0 unspecified atom stereocenters. The highest BCUT2D eigenvalue weighted by Gasteiger charge is 2.26. The zero-order valence-corrected chi connectivity index (χ0v) is 12.8. The average molecular weight is 303 g/mol. The van der Waals surface area contributed by atoms with Crippen LogP contribution in [0.15, 0.2) is 11.6 Å². The molecule has 0 aromatic carbocycles. The normalized spacial score (nSPS) is 14.4. The van der Waals surface area contributed by atoms with Crippen LogP contribution in [0, 0.1) is 0 Å². The average Bonchev–Trinajstić information content (AvgIpc) is 3.20. The van der Waals surface area contributed by atoms with Crippen LogP contribution < -0.4 is 11.1 Å². The summed E-state index contributed by atoms with van der Waals surface area (Å²) < 4.78 is 0. The van der Waals surface area contributed by atoms with E-state index in [1.54, 1.807) is 0 Å². The Morgan fingerprint density at radius 3 is 2.86 bits per heavy atom. The van der Waals surface area contributed by atoms with Gasteiger partial charge >= 0.3 is 0 Å². The number of anilines is 2. The van der Waals surface area contributed by atoms with Crippen LogP contribution in [0.3, 0.4) is 0 Å². The third kappa shape index (κ3) is 3.02. The minimum Gasteiger partial charge on any atom is -0.396 e. The van der Waals surface area contributed by atoms with Gasteiger partial charge in [0.25, 0.3) is 5.91 Å². The van der Waals surface area contributed by atoms with Gasteiger partial charge in [-0.15, -0.1) is 11.3 Å². The molecule has 2 heterocycles. The topological polar surface area (TPSA) is 93.8 Å². The molecular formula is C14H17N5OS. The van der Waals surface area contributed by atoms with E-state index in [9.17, 15) is 4.79 Å². The van der Waals surface area contributed by atoms with Crippen LogP contribution in [-0.4, -0.2) is 20.9 Å². The van der Waals surface area contributed by atoms with Crippen LogP contribution in [0.1, 0.15) is 60.5 Å². The number of amides is 1. The van der Waals surface area contributed by atoms with E-state index in [-0.39, 0.29) is 23.2 Å².